The molecule has 0 saturated carbocycles. The fourth-order valence-corrected chi connectivity index (χ4v) is 2.09. The van der Waals surface area contributed by atoms with Crippen molar-refractivity contribution in [2.75, 3.05) is 13.6 Å². The topological polar surface area (TPSA) is 38.0 Å². The monoisotopic (exact) mass is 234 g/mol. The number of nitrogens with two attached hydrogens (primary N) is 1. The van der Waals surface area contributed by atoms with Crippen molar-refractivity contribution in [2.24, 2.45) is 5.73 Å². The van der Waals surface area contributed by atoms with Crippen LogP contribution in [0.15, 0.2) is 24.3 Å². The molecule has 0 radical (unpaired) electrons. The van der Waals surface area contributed by atoms with Crippen molar-refractivity contribution >= 4 is 0 Å². The standard InChI is InChI=1S/C15H26N2/c1-3-4-5-6-7-13-8-10-14(11-9-13)15(12-16)17-2/h8-11,15,17H,3-7,12,16H2,1-2H3. The first-order valence-electron chi connectivity index (χ1n) is 6.78. The minimum absolute atomic E-state index is 0.282. The first-order valence-corrected chi connectivity index (χ1v) is 6.78. The van der Waals surface area contributed by atoms with Crippen molar-refractivity contribution in [1.82, 2.24) is 5.32 Å². The van der Waals surface area contributed by atoms with Crippen LogP contribution in [0.3, 0.4) is 0 Å². The summed E-state index contributed by atoms with van der Waals surface area (Å²) in [5, 5.41) is 3.22. The second kappa shape index (κ2) is 8.26. The molecule has 1 rings (SSSR count). The number of benzene rings is 1. The number of aryl methyl sites for hydroxylation is 1. The SMILES string of the molecule is CCCCCCc1ccc(C(CN)NC)cc1. The third-order valence-electron chi connectivity index (χ3n) is 3.29. The lowest BCUT2D eigenvalue weighted by atomic mass is 10.0. The molecular weight excluding hydrogens is 208 g/mol. The van der Waals surface area contributed by atoms with Gasteiger partial charge in [0.05, 0.1) is 0 Å². The highest BCUT2D eigenvalue weighted by Crippen LogP contribution is 2.14. The zero-order chi connectivity index (χ0) is 12.5. The molecule has 1 atom stereocenters. The fourth-order valence-electron chi connectivity index (χ4n) is 2.09. The number of unbranched alkanes of at least 4 members (excludes halogenated alkanes) is 3. The number of hydrogen-bond acceptors (Lipinski definition) is 2. The molecule has 0 amide bonds. The number of rotatable bonds is 8. The van der Waals surface area contributed by atoms with Crippen molar-refractivity contribution in [3.8, 4) is 0 Å². The Hall–Kier alpha value is -0.860. The molecule has 0 heterocycles. The molecule has 0 aliphatic rings. The smallest absolute Gasteiger partial charge is 0.0442 e. The van der Waals surface area contributed by atoms with Crippen molar-refractivity contribution in [3.63, 3.8) is 0 Å². The molecule has 3 N–H and O–H groups in total. The maximum absolute atomic E-state index is 5.70. The van der Waals surface area contributed by atoms with E-state index in [1.165, 1.54) is 43.2 Å². The van der Waals surface area contributed by atoms with E-state index >= 15 is 0 Å². The van der Waals surface area contributed by atoms with Gasteiger partial charge in [-0.05, 0) is 31.0 Å². The van der Waals surface area contributed by atoms with Crippen LogP contribution in [0.1, 0.15) is 49.8 Å². The van der Waals surface area contributed by atoms with E-state index < -0.39 is 0 Å². The summed E-state index contributed by atoms with van der Waals surface area (Å²) in [6.07, 6.45) is 6.51. The largest absolute Gasteiger partial charge is 0.329 e. The molecule has 2 nitrogen and oxygen atoms in total. The molecule has 2 heteroatoms. The van der Waals surface area contributed by atoms with E-state index in [1.54, 1.807) is 0 Å². The first-order chi connectivity index (χ1) is 8.31. The van der Waals surface area contributed by atoms with Gasteiger partial charge in [0.25, 0.3) is 0 Å². The molecule has 0 saturated heterocycles. The maximum Gasteiger partial charge on any atom is 0.0442 e. The van der Waals surface area contributed by atoms with Gasteiger partial charge in [-0.1, -0.05) is 50.5 Å². The van der Waals surface area contributed by atoms with Gasteiger partial charge < -0.3 is 11.1 Å². The van der Waals surface area contributed by atoms with Crippen molar-refractivity contribution < 1.29 is 0 Å². The predicted octanol–water partition coefficient (Wildman–Crippen LogP) is 3.03. The highest BCUT2D eigenvalue weighted by molar-refractivity contribution is 5.25. The van der Waals surface area contributed by atoms with Crippen LogP contribution in [0.25, 0.3) is 0 Å². The zero-order valence-corrected chi connectivity index (χ0v) is 11.2. The highest BCUT2D eigenvalue weighted by Gasteiger charge is 2.05. The van der Waals surface area contributed by atoms with Gasteiger partial charge in [-0.15, -0.1) is 0 Å². The molecule has 1 unspecified atom stereocenters. The quantitative estimate of drug-likeness (QED) is 0.679. The molecule has 1 aromatic carbocycles. The van der Waals surface area contributed by atoms with E-state index in [1.807, 2.05) is 7.05 Å². The van der Waals surface area contributed by atoms with Crippen LogP contribution in [0, 0.1) is 0 Å². The van der Waals surface area contributed by atoms with Crippen LogP contribution in [0.2, 0.25) is 0 Å². The van der Waals surface area contributed by atoms with Crippen molar-refractivity contribution in [2.45, 2.75) is 45.1 Å². The Bertz CT molecular complexity index is 288. The molecule has 96 valence electrons. The first kappa shape index (κ1) is 14.2. The van der Waals surface area contributed by atoms with E-state index in [4.69, 9.17) is 5.73 Å². The zero-order valence-electron chi connectivity index (χ0n) is 11.2. The van der Waals surface area contributed by atoms with Gasteiger partial charge in [0.15, 0.2) is 0 Å². The lowest BCUT2D eigenvalue weighted by Gasteiger charge is -2.14. The third kappa shape index (κ3) is 4.88. The summed E-state index contributed by atoms with van der Waals surface area (Å²) < 4.78 is 0. The van der Waals surface area contributed by atoms with Crippen molar-refractivity contribution in [3.05, 3.63) is 35.4 Å². The minimum Gasteiger partial charge on any atom is -0.329 e. The Morgan fingerprint density at radius 3 is 2.35 bits per heavy atom. The minimum atomic E-state index is 0.282. The van der Waals surface area contributed by atoms with Crippen LogP contribution in [0.4, 0.5) is 0 Å². The van der Waals surface area contributed by atoms with Crippen LogP contribution in [0.5, 0.6) is 0 Å². The average molecular weight is 234 g/mol. The van der Waals surface area contributed by atoms with E-state index in [-0.39, 0.29) is 6.04 Å². The van der Waals surface area contributed by atoms with Crippen LogP contribution < -0.4 is 11.1 Å². The average Bonchev–Trinajstić information content (AvgIpc) is 2.38. The molecular formula is C15H26N2. The van der Waals surface area contributed by atoms with Gasteiger partial charge in [0.1, 0.15) is 0 Å². The Morgan fingerprint density at radius 2 is 1.82 bits per heavy atom. The normalized spacial score (nSPS) is 12.6. The summed E-state index contributed by atoms with van der Waals surface area (Å²) in [4.78, 5) is 0. The second-order valence-corrected chi connectivity index (χ2v) is 4.63. The Morgan fingerprint density at radius 1 is 1.12 bits per heavy atom. The van der Waals surface area contributed by atoms with Gasteiger partial charge in [-0.2, -0.15) is 0 Å². The molecule has 0 bridgehead atoms. The number of hydrogen-bond donors (Lipinski definition) is 2. The van der Waals surface area contributed by atoms with Gasteiger partial charge in [0, 0.05) is 12.6 Å². The third-order valence-corrected chi connectivity index (χ3v) is 3.29. The Labute approximate surface area is 106 Å². The van der Waals surface area contributed by atoms with Crippen LogP contribution in [-0.2, 0) is 6.42 Å². The Balaban J connectivity index is 2.44. The van der Waals surface area contributed by atoms with Gasteiger partial charge in [0.2, 0.25) is 0 Å². The number of nitrogens with one attached hydrogen (secondary N) is 1. The molecule has 0 fully saturated rings. The van der Waals surface area contributed by atoms with Gasteiger partial charge >= 0.3 is 0 Å². The number of likely N-dealkylation sites (N-methyl/N-ethyl adjacent to an activating group) is 1. The fraction of sp³-hybridized carbons (Fsp3) is 0.600. The molecule has 0 aliphatic heterocycles. The van der Waals surface area contributed by atoms with E-state index in [9.17, 15) is 0 Å². The summed E-state index contributed by atoms with van der Waals surface area (Å²) in [6.45, 7) is 2.89. The van der Waals surface area contributed by atoms with E-state index in [0.717, 1.165) is 0 Å². The van der Waals surface area contributed by atoms with E-state index in [2.05, 4.69) is 36.5 Å². The highest BCUT2D eigenvalue weighted by atomic mass is 14.9. The second-order valence-electron chi connectivity index (χ2n) is 4.63. The van der Waals surface area contributed by atoms with Crippen LogP contribution in [-0.4, -0.2) is 13.6 Å². The molecule has 0 spiro atoms. The summed E-state index contributed by atoms with van der Waals surface area (Å²) in [5.41, 5.74) is 8.43. The van der Waals surface area contributed by atoms with Crippen LogP contribution >= 0.6 is 0 Å². The summed E-state index contributed by atoms with van der Waals surface area (Å²) in [6, 6.07) is 9.15. The summed E-state index contributed by atoms with van der Waals surface area (Å²) in [5.74, 6) is 0. The maximum atomic E-state index is 5.70. The lowest BCUT2D eigenvalue weighted by Crippen LogP contribution is -2.24. The molecule has 1 aromatic rings. The summed E-state index contributed by atoms with van der Waals surface area (Å²) >= 11 is 0. The van der Waals surface area contributed by atoms with E-state index in [0.29, 0.717) is 6.54 Å². The van der Waals surface area contributed by atoms with Gasteiger partial charge in [-0.3, -0.25) is 0 Å². The predicted molar refractivity (Wildman–Crippen MR) is 75.1 cm³/mol. The molecule has 0 aliphatic carbocycles. The molecule has 17 heavy (non-hydrogen) atoms. The van der Waals surface area contributed by atoms with Gasteiger partial charge in [-0.25, -0.2) is 0 Å². The Kier molecular flexibility index (Phi) is 6.90. The lowest BCUT2D eigenvalue weighted by molar-refractivity contribution is 0.605. The van der Waals surface area contributed by atoms with Crippen molar-refractivity contribution in [1.29, 1.82) is 0 Å². The molecule has 0 aromatic heterocycles. The summed E-state index contributed by atoms with van der Waals surface area (Å²) in [7, 11) is 1.95.